The van der Waals surface area contributed by atoms with Crippen LogP contribution < -0.4 is 11.1 Å². The van der Waals surface area contributed by atoms with Crippen molar-refractivity contribution in [2.75, 3.05) is 6.54 Å². The van der Waals surface area contributed by atoms with Crippen LogP contribution in [0.3, 0.4) is 0 Å². The van der Waals surface area contributed by atoms with Gasteiger partial charge in [-0.1, -0.05) is 0 Å². The Hall–Kier alpha value is -2.22. The lowest BCUT2D eigenvalue weighted by atomic mass is 10.0. The minimum absolute atomic E-state index is 0.0316. The van der Waals surface area contributed by atoms with Gasteiger partial charge >= 0.3 is 6.09 Å². The smallest absolute Gasteiger partial charge is 0.407 e. The average Bonchev–Trinajstić information content (AvgIpc) is 2.35. The Balaban J connectivity index is 2.84. The Kier molecular flexibility index (Phi) is 5.81. The van der Waals surface area contributed by atoms with Gasteiger partial charge in [-0.05, 0) is 32.9 Å². The van der Waals surface area contributed by atoms with E-state index in [1.54, 1.807) is 20.8 Å². The lowest BCUT2D eigenvalue weighted by Crippen LogP contribution is -2.44. The zero-order chi connectivity index (χ0) is 16.9. The molecule has 8 heteroatoms. The number of halogens is 1. The second-order valence-electron chi connectivity index (χ2n) is 5.81. The van der Waals surface area contributed by atoms with Crippen LogP contribution in [0.1, 0.15) is 26.3 Å². The third-order valence-corrected chi connectivity index (χ3v) is 2.71. The highest BCUT2D eigenvalue weighted by atomic mass is 19.1. The molecular formula is C14H20FN3O4. The van der Waals surface area contributed by atoms with E-state index in [4.69, 9.17) is 10.5 Å². The van der Waals surface area contributed by atoms with Crippen molar-refractivity contribution in [2.45, 2.75) is 38.8 Å². The van der Waals surface area contributed by atoms with Gasteiger partial charge in [-0.25, -0.2) is 9.18 Å². The molecule has 1 aromatic rings. The first-order chi connectivity index (χ1) is 10.1. The number of nitrogens with zero attached hydrogens (tertiary/aromatic N) is 1. The van der Waals surface area contributed by atoms with Crippen LogP contribution in [0.15, 0.2) is 18.2 Å². The number of carbonyl (C=O) groups is 1. The van der Waals surface area contributed by atoms with Gasteiger partial charge in [0.25, 0.3) is 5.69 Å². The molecule has 1 amide bonds. The van der Waals surface area contributed by atoms with Crippen molar-refractivity contribution in [1.29, 1.82) is 0 Å². The molecule has 1 aromatic carbocycles. The van der Waals surface area contributed by atoms with Crippen molar-refractivity contribution in [3.8, 4) is 0 Å². The van der Waals surface area contributed by atoms with E-state index in [9.17, 15) is 19.3 Å². The standard InChI is InChI=1S/C14H20FN3O4/c1-14(2,3)22-13(19)17-11(8-16)7-9-6-10(15)4-5-12(9)18(20)21/h4-6,11H,7-8,16H2,1-3H3,(H,17,19). The summed E-state index contributed by atoms with van der Waals surface area (Å²) in [5.41, 5.74) is 4.84. The predicted octanol–water partition coefficient (Wildman–Crippen LogP) is 2.13. The number of benzene rings is 1. The number of hydrogen-bond acceptors (Lipinski definition) is 5. The molecule has 122 valence electrons. The van der Waals surface area contributed by atoms with E-state index in [2.05, 4.69) is 5.32 Å². The van der Waals surface area contributed by atoms with Gasteiger partial charge in [-0.2, -0.15) is 0 Å². The molecule has 0 aliphatic carbocycles. The van der Waals surface area contributed by atoms with Crippen LogP contribution in [0.5, 0.6) is 0 Å². The highest BCUT2D eigenvalue weighted by Crippen LogP contribution is 2.21. The average molecular weight is 313 g/mol. The van der Waals surface area contributed by atoms with Gasteiger partial charge in [-0.15, -0.1) is 0 Å². The number of nitro groups is 1. The summed E-state index contributed by atoms with van der Waals surface area (Å²) in [6.45, 7) is 5.16. The van der Waals surface area contributed by atoms with Crippen molar-refractivity contribution in [3.63, 3.8) is 0 Å². The maximum absolute atomic E-state index is 13.3. The van der Waals surface area contributed by atoms with Crippen molar-refractivity contribution in [3.05, 3.63) is 39.7 Å². The minimum Gasteiger partial charge on any atom is -0.444 e. The number of alkyl carbamates (subject to hydrolysis) is 1. The number of hydrogen-bond donors (Lipinski definition) is 2. The summed E-state index contributed by atoms with van der Waals surface area (Å²) < 4.78 is 18.4. The number of nitrogens with one attached hydrogen (secondary N) is 1. The summed E-state index contributed by atoms with van der Waals surface area (Å²) in [6.07, 6.45) is -0.647. The molecule has 0 aliphatic heterocycles. The molecule has 3 N–H and O–H groups in total. The Morgan fingerprint density at radius 2 is 2.14 bits per heavy atom. The first-order valence-corrected chi connectivity index (χ1v) is 6.75. The summed E-state index contributed by atoms with van der Waals surface area (Å²) in [4.78, 5) is 22.1. The molecule has 0 spiro atoms. The number of carbonyl (C=O) groups excluding carboxylic acids is 1. The number of amides is 1. The van der Waals surface area contributed by atoms with Crippen molar-refractivity contribution >= 4 is 11.8 Å². The van der Waals surface area contributed by atoms with Gasteiger partial charge in [-0.3, -0.25) is 10.1 Å². The molecule has 0 aromatic heterocycles. The van der Waals surface area contributed by atoms with E-state index in [0.717, 1.165) is 18.2 Å². The normalized spacial score (nSPS) is 12.6. The highest BCUT2D eigenvalue weighted by Gasteiger charge is 2.22. The van der Waals surface area contributed by atoms with Gasteiger partial charge in [0.05, 0.1) is 4.92 Å². The number of nitro benzene ring substituents is 1. The lowest BCUT2D eigenvalue weighted by molar-refractivity contribution is -0.385. The molecule has 1 unspecified atom stereocenters. The third-order valence-electron chi connectivity index (χ3n) is 2.71. The SMILES string of the molecule is CC(C)(C)OC(=O)NC(CN)Cc1cc(F)ccc1[N+](=O)[O-]. The van der Waals surface area contributed by atoms with E-state index in [0.29, 0.717) is 0 Å². The van der Waals surface area contributed by atoms with Gasteiger partial charge in [0.2, 0.25) is 0 Å². The van der Waals surface area contributed by atoms with Gasteiger partial charge in [0.15, 0.2) is 0 Å². The van der Waals surface area contributed by atoms with Crippen LogP contribution in [0.4, 0.5) is 14.9 Å². The maximum atomic E-state index is 13.3. The largest absolute Gasteiger partial charge is 0.444 e. The lowest BCUT2D eigenvalue weighted by Gasteiger charge is -2.23. The number of nitrogens with two attached hydrogens (primary N) is 1. The molecule has 0 bridgehead atoms. The Morgan fingerprint density at radius 1 is 1.50 bits per heavy atom. The molecule has 1 atom stereocenters. The maximum Gasteiger partial charge on any atom is 0.407 e. The van der Waals surface area contributed by atoms with Crippen molar-refractivity contribution in [1.82, 2.24) is 5.32 Å². The third kappa shape index (κ3) is 5.65. The monoisotopic (exact) mass is 313 g/mol. The highest BCUT2D eigenvalue weighted by molar-refractivity contribution is 5.68. The zero-order valence-corrected chi connectivity index (χ0v) is 12.8. The van der Waals surface area contributed by atoms with Gasteiger partial charge in [0, 0.05) is 30.6 Å². The molecule has 0 saturated heterocycles. The Labute approximate surface area is 127 Å². The van der Waals surface area contributed by atoms with Crippen LogP contribution in [0.2, 0.25) is 0 Å². The molecule has 22 heavy (non-hydrogen) atoms. The zero-order valence-electron chi connectivity index (χ0n) is 12.8. The molecular weight excluding hydrogens is 293 g/mol. The summed E-state index contributed by atoms with van der Waals surface area (Å²) in [5.74, 6) is -0.589. The molecule has 0 aliphatic rings. The molecule has 1 rings (SSSR count). The quantitative estimate of drug-likeness (QED) is 0.639. The molecule has 0 heterocycles. The fourth-order valence-electron chi connectivity index (χ4n) is 1.83. The fraction of sp³-hybridized carbons (Fsp3) is 0.500. The molecule has 0 saturated carbocycles. The number of rotatable bonds is 5. The van der Waals surface area contributed by atoms with Crippen LogP contribution in [0, 0.1) is 15.9 Å². The number of ether oxygens (including phenoxy) is 1. The summed E-state index contributed by atoms with van der Waals surface area (Å²) in [5, 5.41) is 13.5. The predicted molar refractivity (Wildman–Crippen MR) is 79.0 cm³/mol. The van der Waals surface area contributed by atoms with Crippen molar-refractivity contribution < 1.29 is 18.8 Å². The fourth-order valence-corrected chi connectivity index (χ4v) is 1.83. The van der Waals surface area contributed by atoms with Gasteiger partial charge < -0.3 is 15.8 Å². The molecule has 7 nitrogen and oxygen atoms in total. The summed E-state index contributed by atoms with van der Waals surface area (Å²) >= 11 is 0. The van der Waals surface area contributed by atoms with E-state index < -0.39 is 28.5 Å². The Bertz CT molecular complexity index is 558. The van der Waals surface area contributed by atoms with Crippen LogP contribution >= 0.6 is 0 Å². The summed E-state index contributed by atoms with van der Waals surface area (Å²) in [7, 11) is 0. The van der Waals surface area contributed by atoms with Crippen molar-refractivity contribution in [2.24, 2.45) is 5.73 Å². The van der Waals surface area contributed by atoms with Gasteiger partial charge in [0.1, 0.15) is 11.4 Å². The first-order valence-electron chi connectivity index (χ1n) is 6.75. The van der Waals surface area contributed by atoms with E-state index >= 15 is 0 Å². The van der Waals surface area contributed by atoms with E-state index in [1.807, 2.05) is 0 Å². The van der Waals surface area contributed by atoms with Crippen LogP contribution in [-0.4, -0.2) is 29.2 Å². The first kappa shape index (κ1) is 17.8. The van der Waals surface area contributed by atoms with Crippen LogP contribution in [0.25, 0.3) is 0 Å². The second-order valence-corrected chi connectivity index (χ2v) is 5.81. The van der Waals surface area contributed by atoms with E-state index in [-0.39, 0.29) is 24.2 Å². The second kappa shape index (κ2) is 7.17. The minimum atomic E-state index is -0.679. The van der Waals surface area contributed by atoms with E-state index in [1.165, 1.54) is 0 Å². The molecule has 0 fully saturated rings. The summed E-state index contributed by atoms with van der Waals surface area (Å²) in [6, 6.07) is 2.57. The topological polar surface area (TPSA) is 107 Å². The molecule has 0 radical (unpaired) electrons. The van der Waals surface area contributed by atoms with Crippen LogP contribution in [-0.2, 0) is 11.2 Å². The Morgan fingerprint density at radius 3 is 2.64 bits per heavy atom.